The molecule has 1 fully saturated rings. The maximum absolute atomic E-state index is 11.2. The van der Waals surface area contributed by atoms with Gasteiger partial charge in [0.1, 0.15) is 6.17 Å². The molecule has 0 spiro atoms. The van der Waals surface area contributed by atoms with Gasteiger partial charge in [-0.05, 0) is 24.6 Å². The number of hydrazine groups is 1. The zero-order valence-corrected chi connectivity index (χ0v) is 11.8. The van der Waals surface area contributed by atoms with Crippen molar-refractivity contribution in [3.63, 3.8) is 0 Å². The lowest BCUT2D eigenvalue weighted by molar-refractivity contribution is 0.202. The average Bonchev–Trinajstić information content (AvgIpc) is 2.43. The molecule has 7 nitrogen and oxygen atoms in total. The molecule has 20 heavy (non-hydrogen) atoms. The molecule has 0 radical (unpaired) electrons. The van der Waals surface area contributed by atoms with Crippen LogP contribution in [0, 0.1) is 0 Å². The monoisotopic (exact) mass is 276 g/mol. The summed E-state index contributed by atoms with van der Waals surface area (Å²) in [5.74, 6) is 0. The van der Waals surface area contributed by atoms with Gasteiger partial charge in [-0.3, -0.25) is 10.9 Å². The number of carbonyl (C=O) groups excluding carboxylic acids is 1. The molecule has 1 heterocycles. The molecule has 2 amide bonds. The highest BCUT2D eigenvalue weighted by Crippen LogP contribution is 2.10. The summed E-state index contributed by atoms with van der Waals surface area (Å²) in [4.78, 5) is 13.2. The molecule has 4 N–H and O–H groups in total. The molecule has 0 bridgehead atoms. The number of urea groups is 1. The Morgan fingerprint density at radius 2 is 2.00 bits per heavy atom. The van der Waals surface area contributed by atoms with Gasteiger partial charge in [0.25, 0.3) is 0 Å². The van der Waals surface area contributed by atoms with Crippen molar-refractivity contribution in [2.75, 3.05) is 19.0 Å². The van der Waals surface area contributed by atoms with Gasteiger partial charge in [0.15, 0.2) is 0 Å². The number of nitrogens with one attached hydrogen (secondary N) is 4. The van der Waals surface area contributed by atoms with Crippen LogP contribution in [0.25, 0.3) is 0 Å². The molecule has 1 aliphatic rings. The van der Waals surface area contributed by atoms with E-state index in [1.165, 1.54) is 0 Å². The highest BCUT2D eigenvalue weighted by Gasteiger charge is 2.23. The Morgan fingerprint density at radius 1 is 1.30 bits per heavy atom. The molecular formula is C13H20N6O. The van der Waals surface area contributed by atoms with Crippen molar-refractivity contribution in [1.82, 2.24) is 21.6 Å². The lowest BCUT2D eigenvalue weighted by Gasteiger charge is -2.30. The van der Waals surface area contributed by atoms with Crippen LogP contribution >= 0.6 is 0 Å². The molecule has 108 valence electrons. The van der Waals surface area contributed by atoms with Crippen LogP contribution in [-0.4, -0.2) is 38.5 Å². The second-order valence-electron chi connectivity index (χ2n) is 4.88. The van der Waals surface area contributed by atoms with Gasteiger partial charge in [0, 0.05) is 19.8 Å². The number of rotatable bonds is 4. The Balaban J connectivity index is 1.90. The number of hydrazone groups is 1. The van der Waals surface area contributed by atoms with Crippen LogP contribution in [0.5, 0.6) is 0 Å². The summed E-state index contributed by atoms with van der Waals surface area (Å²) in [5, 5.41) is 6.89. The molecular weight excluding hydrogens is 256 g/mol. The molecule has 2 atom stereocenters. The number of hydrogen-bond acceptors (Lipinski definition) is 5. The van der Waals surface area contributed by atoms with Gasteiger partial charge >= 0.3 is 6.03 Å². The Labute approximate surface area is 118 Å². The standard InChI is InChI=1S/C13H20N6O/c1-9-12(15-13(20)18-16-9)17-14-8-10-4-6-11(7-5-10)19(2)3/h4-9,12,16-17H,1-3H3,(H2,15,18,20)/b14-8+. The summed E-state index contributed by atoms with van der Waals surface area (Å²) in [6.45, 7) is 1.94. The molecule has 1 aromatic rings. The Kier molecular flexibility index (Phi) is 4.41. The minimum absolute atomic E-state index is 0.0287. The van der Waals surface area contributed by atoms with Crippen molar-refractivity contribution in [1.29, 1.82) is 0 Å². The van der Waals surface area contributed by atoms with Crippen LogP contribution in [0.15, 0.2) is 29.4 Å². The van der Waals surface area contributed by atoms with Crippen LogP contribution in [0.2, 0.25) is 0 Å². The predicted molar refractivity (Wildman–Crippen MR) is 79.6 cm³/mol. The first-order chi connectivity index (χ1) is 9.56. The van der Waals surface area contributed by atoms with Crippen LogP contribution in [0.3, 0.4) is 0 Å². The number of nitrogens with zero attached hydrogens (tertiary/aromatic N) is 2. The molecule has 2 rings (SSSR count). The summed E-state index contributed by atoms with van der Waals surface area (Å²) in [5.41, 5.74) is 10.4. The van der Waals surface area contributed by atoms with E-state index in [2.05, 4.69) is 26.7 Å². The predicted octanol–water partition coefficient (Wildman–Crippen LogP) is 0.208. The summed E-state index contributed by atoms with van der Waals surface area (Å²) >= 11 is 0. The third kappa shape index (κ3) is 3.61. The first kappa shape index (κ1) is 14.1. The number of carbonyl (C=O) groups is 1. The van der Waals surface area contributed by atoms with Gasteiger partial charge in [0.05, 0.1) is 12.3 Å². The van der Waals surface area contributed by atoms with Gasteiger partial charge in [-0.15, -0.1) is 0 Å². The normalized spacial score (nSPS) is 22.2. The SMILES string of the molecule is CC1NNC(=O)NC1N/N=C/c1ccc(N(C)C)cc1. The third-order valence-electron chi connectivity index (χ3n) is 3.04. The molecule has 1 aliphatic heterocycles. The van der Waals surface area contributed by atoms with Crippen molar-refractivity contribution < 1.29 is 4.79 Å². The fraction of sp³-hybridized carbons (Fsp3) is 0.385. The number of benzene rings is 1. The smallest absolute Gasteiger partial charge is 0.330 e. The maximum atomic E-state index is 11.2. The zero-order valence-electron chi connectivity index (χ0n) is 11.8. The second kappa shape index (κ2) is 6.25. The van der Waals surface area contributed by atoms with E-state index in [0.717, 1.165) is 11.3 Å². The number of hydrogen-bond donors (Lipinski definition) is 4. The topological polar surface area (TPSA) is 80.8 Å². The minimum Gasteiger partial charge on any atom is -0.378 e. The first-order valence-corrected chi connectivity index (χ1v) is 6.44. The maximum Gasteiger partial charge on any atom is 0.330 e. The second-order valence-corrected chi connectivity index (χ2v) is 4.88. The minimum atomic E-state index is -0.272. The largest absolute Gasteiger partial charge is 0.378 e. The van der Waals surface area contributed by atoms with E-state index in [4.69, 9.17) is 0 Å². The van der Waals surface area contributed by atoms with E-state index >= 15 is 0 Å². The lowest BCUT2D eigenvalue weighted by atomic mass is 10.2. The van der Waals surface area contributed by atoms with Crippen molar-refractivity contribution in [2.24, 2.45) is 5.10 Å². The van der Waals surface area contributed by atoms with Gasteiger partial charge < -0.3 is 10.2 Å². The highest BCUT2D eigenvalue weighted by atomic mass is 16.2. The molecule has 0 saturated carbocycles. The molecule has 2 unspecified atom stereocenters. The summed E-state index contributed by atoms with van der Waals surface area (Å²) in [7, 11) is 4.00. The number of anilines is 1. The van der Waals surface area contributed by atoms with E-state index in [9.17, 15) is 4.79 Å². The van der Waals surface area contributed by atoms with Crippen molar-refractivity contribution in [3.8, 4) is 0 Å². The molecule has 1 saturated heterocycles. The van der Waals surface area contributed by atoms with Gasteiger partial charge in [-0.2, -0.15) is 5.10 Å². The van der Waals surface area contributed by atoms with E-state index in [1.54, 1.807) is 6.21 Å². The highest BCUT2D eigenvalue weighted by molar-refractivity contribution is 5.80. The van der Waals surface area contributed by atoms with E-state index in [0.29, 0.717) is 0 Å². The fourth-order valence-electron chi connectivity index (χ4n) is 1.76. The van der Waals surface area contributed by atoms with Gasteiger partial charge in [-0.25, -0.2) is 10.2 Å². The summed E-state index contributed by atoms with van der Waals surface area (Å²) in [6.07, 6.45) is 1.47. The Bertz CT molecular complexity index is 484. The van der Waals surface area contributed by atoms with Gasteiger partial charge in [-0.1, -0.05) is 12.1 Å². The van der Waals surface area contributed by atoms with Crippen molar-refractivity contribution >= 4 is 17.9 Å². The van der Waals surface area contributed by atoms with Crippen LogP contribution in [0.1, 0.15) is 12.5 Å². The summed E-state index contributed by atoms with van der Waals surface area (Å²) in [6, 6.07) is 7.79. The van der Waals surface area contributed by atoms with E-state index in [-0.39, 0.29) is 18.2 Å². The van der Waals surface area contributed by atoms with E-state index < -0.39 is 0 Å². The fourth-order valence-corrected chi connectivity index (χ4v) is 1.76. The Morgan fingerprint density at radius 3 is 2.65 bits per heavy atom. The Hall–Kier alpha value is -2.28. The molecule has 0 aliphatic carbocycles. The molecule has 7 heteroatoms. The molecule has 1 aromatic carbocycles. The quantitative estimate of drug-likeness (QED) is 0.468. The lowest BCUT2D eigenvalue weighted by Crippen LogP contribution is -2.67. The van der Waals surface area contributed by atoms with E-state index in [1.807, 2.05) is 50.2 Å². The third-order valence-corrected chi connectivity index (χ3v) is 3.04. The summed E-state index contributed by atoms with van der Waals surface area (Å²) < 4.78 is 0. The van der Waals surface area contributed by atoms with Crippen LogP contribution < -0.4 is 26.5 Å². The molecule has 0 aromatic heterocycles. The zero-order chi connectivity index (χ0) is 14.5. The van der Waals surface area contributed by atoms with Crippen LogP contribution in [-0.2, 0) is 0 Å². The van der Waals surface area contributed by atoms with Crippen molar-refractivity contribution in [3.05, 3.63) is 29.8 Å². The van der Waals surface area contributed by atoms with Crippen molar-refractivity contribution in [2.45, 2.75) is 19.1 Å². The van der Waals surface area contributed by atoms with Crippen LogP contribution in [0.4, 0.5) is 10.5 Å². The van der Waals surface area contributed by atoms with Gasteiger partial charge in [0.2, 0.25) is 0 Å². The number of amides is 2. The average molecular weight is 276 g/mol. The first-order valence-electron chi connectivity index (χ1n) is 6.44.